The van der Waals surface area contributed by atoms with Crippen molar-refractivity contribution in [1.29, 1.82) is 0 Å². The smallest absolute Gasteiger partial charge is 0.360 e. The van der Waals surface area contributed by atoms with Gasteiger partial charge in [-0.2, -0.15) is 5.10 Å². The van der Waals surface area contributed by atoms with E-state index in [2.05, 4.69) is 15.5 Å². The third-order valence-electron chi connectivity index (χ3n) is 3.73. The lowest BCUT2D eigenvalue weighted by Gasteiger charge is -2.10. The van der Waals surface area contributed by atoms with Crippen molar-refractivity contribution in [3.8, 4) is 0 Å². The minimum atomic E-state index is -0.940. The van der Waals surface area contributed by atoms with Gasteiger partial charge in [0.2, 0.25) is 11.7 Å². The molecule has 7 nitrogen and oxygen atoms in total. The van der Waals surface area contributed by atoms with E-state index in [4.69, 9.17) is 4.74 Å². The first-order valence-corrected chi connectivity index (χ1v) is 8.79. The fraction of sp³-hybridized carbons (Fsp3) is 0.222. The number of ether oxygens (including phenoxy) is 1. The Balaban J connectivity index is 1.67. The summed E-state index contributed by atoms with van der Waals surface area (Å²) < 4.78 is 5.29. The van der Waals surface area contributed by atoms with Gasteiger partial charge in [0.25, 0.3) is 0 Å². The minimum absolute atomic E-state index is 0.139. The number of esters is 1. The van der Waals surface area contributed by atoms with Gasteiger partial charge >= 0.3 is 5.97 Å². The molecule has 0 fully saturated rings. The zero-order chi connectivity index (χ0) is 18.7. The SMILES string of the molecule is CC(=O)NCc1ccc(C(=O)C(C)OC(=O)c2n[nH]c3ccccc23)s1. The summed E-state index contributed by atoms with van der Waals surface area (Å²) in [6.45, 7) is 3.32. The van der Waals surface area contributed by atoms with Crippen LogP contribution < -0.4 is 5.32 Å². The number of hydrogen-bond donors (Lipinski definition) is 2. The third-order valence-corrected chi connectivity index (χ3v) is 4.83. The lowest BCUT2D eigenvalue weighted by molar-refractivity contribution is -0.119. The minimum Gasteiger partial charge on any atom is -0.449 e. The maximum absolute atomic E-state index is 12.5. The van der Waals surface area contributed by atoms with Crippen molar-refractivity contribution in [2.75, 3.05) is 0 Å². The van der Waals surface area contributed by atoms with Gasteiger partial charge in [-0.05, 0) is 25.1 Å². The molecule has 0 saturated heterocycles. The highest BCUT2D eigenvalue weighted by atomic mass is 32.1. The number of para-hydroxylation sites is 1. The van der Waals surface area contributed by atoms with Gasteiger partial charge in [0.05, 0.1) is 16.9 Å². The molecule has 2 aromatic heterocycles. The predicted molar refractivity (Wildman–Crippen MR) is 97.1 cm³/mol. The van der Waals surface area contributed by atoms with Crippen LogP contribution in [0.25, 0.3) is 10.9 Å². The number of amides is 1. The molecular formula is C18H17N3O4S. The Labute approximate surface area is 153 Å². The summed E-state index contributed by atoms with van der Waals surface area (Å²) in [4.78, 5) is 37.1. The molecule has 2 heterocycles. The second kappa shape index (κ2) is 7.49. The zero-order valence-electron chi connectivity index (χ0n) is 14.2. The van der Waals surface area contributed by atoms with E-state index in [1.54, 1.807) is 30.3 Å². The van der Waals surface area contributed by atoms with Gasteiger partial charge < -0.3 is 10.1 Å². The van der Waals surface area contributed by atoms with Crippen molar-refractivity contribution in [1.82, 2.24) is 15.5 Å². The van der Waals surface area contributed by atoms with Crippen molar-refractivity contribution in [2.24, 2.45) is 0 Å². The molecule has 0 bridgehead atoms. The van der Waals surface area contributed by atoms with E-state index in [0.29, 0.717) is 16.8 Å². The first kappa shape index (κ1) is 17.8. The molecule has 8 heteroatoms. The van der Waals surface area contributed by atoms with E-state index >= 15 is 0 Å². The number of thiophene rings is 1. The summed E-state index contributed by atoms with van der Waals surface area (Å²) in [7, 11) is 0. The fourth-order valence-electron chi connectivity index (χ4n) is 2.41. The van der Waals surface area contributed by atoms with Gasteiger partial charge in [-0.25, -0.2) is 4.79 Å². The molecule has 1 unspecified atom stereocenters. The van der Waals surface area contributed by atoms with Crippen LogP contribution >= 0.6 is 11.3 Å². The first-order valence-electron chi connectivity index (χ1n) is 7.97. The van der Waals surface area contributed by atoms with Gasteiger partial charge in [-0.1, -0.05) is 18.2 Å². The number of carbonyl (C=O) groups is 3. The molecule has 0 saturated carbocycles. The van der Waals surface area contributed by atoms with Crippen molar-refractivity contribution in [3.63, 3.8) is 0 Å². The molecule has 26 heavy (non-hydrogen) atoms. The zero-order valence-corrected chi connectivity index (χ0v) is 15.1. The second-order valence-corrected chi connectivity index (χ2v) is 6.87. The monoisotopic (exact) mass is 371 g/mol. The normalized spacial score (nSPS) is 11.9. The molecule has 0 aliphatic carbocycles. The van der Waals surface area contributed by atoms with Crippen LogP contribution in [-0.2, 0) is 16.1 Å². The van der Waals surface area contributed by atoms with E-state index in [0.717, 1.165) is 10.4 Å². The number of nitrogens with zero attached hydrogens (tertiary/aromatic N) is 1. The Bertz CT molecular complexity index is 976. The van der Waals surface area contributed by atoms with E-state index in [1.165, 1.54) is 25.2 Å². The van der Waals surface area contributed by atoms with Gasteiger partial charge in [0.15, 0.2) is 11.8 Å². The summed E-state index contributed by atoms with van der Waals surface area (Å²) in [6.07, 6.45) is -0.940. The molecule has 1 amide bonds. The highest BCUT2D eigenvalue weighted by Crippen LogP contribution is 2.21. The Kier molecular flexibility index (Phi) is 5.13. The number of rotatable bonds is 6. The molecule has 0 spiro atoms. The maximum atomic E-state index is 12.5. The molecule has 0 aliphatic rings. The van der Waals surface area contributed by atoms with Crippen LogP contribution in [0.15, 0.2) is 36.4 Å². The molecule has 134 valence electrons. The van der Waals surface area contributed by atoms with Crippen LogP contribution in [0, 0.1) is 0 Å². The summed E-state index contributed by atoms with van der Waals surface area (Å²) in [5.74, 6) is -1.09. The number of benzene rings is 1. The van der Waals surface area contributed by atoms with E-state index in [-0.39, 0.29) is 17.4 Å². The molecule has 0 aliphatic heterocycles. The van der Waals surface area contributed by atoms with Gasteiger partial charge in [-0.3, -0.25) is 14.7 Å². The second-order valence-electron chi connectivity index (χ2n) is 5.71. The summed E-state index contributed by atoms with van der Waals surface area (Å²) in [6, 6.07) is 10.6. The first-order chi connectivity index (χ1) is 12.5. The summed E-state index contributed by atoms with van der Waals surface area (Å²) in [5.41, 5.74) is 0.872. The standard InChI is InChI=1S/C18H17N3O4S/c1-10(17(23)15-8-7-12(26-15)9-19-11(2)22)25-18(24)16-13-5-3-4-6-14(13)20-21-16/h3-8,10H,9H2,1-2H3,(H,19,22)(H,20,21). The molecular weight excluding hydrogens is 354 g/mol. The Morgan fingerprint density at radius 2 is 2.00 bits per heavy atom. The Hall–Kier alpha value is -3.00. The molecule has 3 rings (SSSR count). The van der Waals surface area contributed by atoms with E-state index in [1.807, 2.05) is 6.07 Å². The topological polar surface area (TPSA) is 101 Å². The fourth-order valence-corrected chi connectivity index (χ4v) is 3.37. The van der Waals surface area contributed by atoms with Crippen LogP contribution in [-0.4, -0.2) is 34.0 Å². The van der Waals surface area contributed by atoms with Crippen LogP contribution in [0.1, 0.15) is 38.9 Å². The van der Waals surface area contributed by atoms with Crippen molar-refractivity contribution in [2.45, 2.75) is 26.5 Å². The Morgan fingerprint density at radius 3 is 2.77 bits per heavy atom. The largest absolute Gasteiger partial charge is 0.449 e. The number of carbonyl (C=O) groups excluding carboxylic acids is 3. The average molecular weight is 371 g/mol. The maximum Gasteiger partial charge on any atom is 0.360 e. The lowest BCUT2D eigenvalue weighted by atomic mass is 10.2. The number of nitrogens with one attached hydrogen (secondary N) is 2. The highest BCUT2D eigenvalue weighted by molar-refractivity contribution is 7.14. The van der Waals surface area contributed by atoms with Gasteiger partial charge in [-0.15, -0.1) is 11.3 Å². The molecule has 0 radical (unpaired) electrons. The number of fused-ring (bicyclic) bond motifs is 1. The van der Waals surface area contributed by atoms with Crippen LogP contribution in [0.4, 0.5) is 0 Å². The lowest BCUT2D eigenvalue weighted by Crippen LogP contribution is -2.24. The molecule has 2 N–H and O–H groups in total. The number of hydrogen-bond acceptors (Lipinski definition) is 6. The van der Waals surface area contributed by atoms with Gasteiger partial charge in [0.1, 0.15) is 0 Å². The van der Waals surface area contributed by atoms with E-state index in [9.17, 15) is 14.4 Å². The van der Waals surface area contributed by atoms with Crippen LogP contribution in [0.3, 0.4) is 0 Å². The van der Waals surface area contributed by atoms with Gasteiger partial charge in [0, 0.05) is 17.2 Å². The van der Waals surface area contributed by atoms with Crippen LogP contribution in [0.5, 0.6) is 0 Å². The number of Topliss-reactive ketones (excluding diaryl/α,β-unsaturated/α-hetero) is 1. The molecule has 1 aromatic carbocycles. The van der Waals surface area contributed by atoms with Crippen LogP contribution in [0.2, 0.25) is 0 Å². The average Bonchev–Trinajstić information content (AvgIpc) is 3.26. The number of H-pyrrole nitrogens is 1. The van der Waals surface area contributed by atoms with Crippen molar-refractivity contribution >= 4 is 39.9 Å². The quantitative estimate of drug-likeness (QED) is 0.512. The Morgan fingerprint density at radius 1 is 1.23 bits per heavy atom. The van der Waals surface area contributed by atoms with Crippen molar-refractivity contribution in [3.05, 3.63) is 51.8 Å². The molecule has 1 atom stereocenters. The highest BCUT2D eigenvalue weighted by Gasteiger charge is 2.24. The number of aromatic nitrogens is 2. The molecule has 3 aromatic rings. The van der Waals surface area contributed by atoms with E-state index < -0.39 is 12.1 Å². The van der Waals surface area contributed by atoms with Crippen molar-refractivity contribution < 1.29 is 19.1 Å². The predicted octanol–water partition coefficient (Wildman–Crippen LogP) is 2.69. The third kappa shape index (κ3) is 3.80. The number of aromatic amines is 1. The summed E-state index contributed by atoms with van der Waals surface area (Å²) >= 11 is 1.26. The number of ketones is 1. The summed E-state index contributed by atoms with van der Waals surface area (Å²) in [5, 5.41) is 10.1.